The fourth-order valence-corrected chi connectivity index (χ4v) is 1.51. The first-order valence-electron chi connectivity index (χ1n) is 6.21. The average molecular weight is 252 g/mol. The van der Waals surface area contributed by atoms with E-state index in [0.717, 1.165) is 25.9 Å². The first-order valence-corrected chi connectivity index (χ1v) is 6.21. The molecular weight excluding hydrogens is 230 g/mol. The van der Waals surface area contributed by atoms with E-state index in [1.54, 1.807) is 6.92 Å². The van der Waals surface area contributed by atoms with Gasteiger partial charge in [-0.15, -0.1) is 0 Å². The second-order valence-electron chi connectivity index (χ2n) is 4.30. The van der Waals surface area contributed by atoms with E-state index in [4.69, 9.17) is 10.5 Å². The number of hydrogen-bond donors (Lipinski definition) is 1. The van der Waals surface area contributed by atoms with Gasteiger partial charge in [0.2, 0.25) is 6.33 Å². The number of nitrogens with two attached hydrogens (primary N) is 1. The quantitative estimate of drug-likeness (QED) is 0.319. The Morgan fingerprint density at radius 1 is 1.50 bits per heavy atom. The van der Waals surface area contributed by atoms with Gasteiger partial charge < -0.3 is 10.5 Å². The third-order valence-corrected chi connectivity index (χ3v) is 2.51. The Kier molecular flexibility index (Phi) is 6.14. The molecule has 0 unspecified atom stereocenters. The third kappa shape index (κ3) is 5.14. The van der Waals surface area contributed by atoms with Crippen LogP contribution in [-0.4, -0.2) is 23.7 Å². The van der Waals surface area contributed by atoms with Crippen molar-refractivity contribution in [2.45, 2.75) is 32.9 Å². The first-order chi connectivity index (χ1) is 8.63. The number of rotatable bonds is 8. The van der Waals surface area contributed by atoms with Gasteiger partial charge in [0, 0.05) is 12.0 Å². The minimum absolute atomic E-state index is 0.319. The van der Waals surface area contributed by atoms with Gasteiger partial charge in [-0.25, -0.2) is 13.9 Å². The summed E-state index contributed by atoms with van der Waals surface area (Å²) in [7, 11) is 0. The number of aryl methyl sites for hydroxylation is 2. The van der Waals surface area contributed by atoms with Gasteiger partial charge in [-0.2, -0.15) is 0 Å². The van der Waals surface area contributed by atoms with Gasteiger partial charge in [0.1, 0.15) is 12.4 Å². The smallest absolute Gasteiger partial charge is 0.333 e. The second kappa shape index (κ2) is 7.66. The summed E-state index contributed by atoms with van der Waals surface area (Å²) in [5, 5.41) is 0. The Hall–Kier alpha value is -1.62. The van der Waals surface area contributed by atoms with Crippen molar-refractivity contribution >= 4 is 5.97 Å². The maximum Gasteiger partial charge on any atom is 0.333 e. The number of carbonyl (C=O) groups excluding carboxylic acids is 1. The Bertz CT molecular complexity index is 399. The number of imidazole rings is 1. The number of aromatic nitrogens is 2. The fraction of sp³-hybridized carbons (Fsp3) is 0.538. The molecule has 1 aromatic rings. The molecule has 5 heteroatoms. The minimum Gasteiger partial charge on any atom is -0.462 e. The standard InChI is InChI=1S/C13H22N3O2/c1-12(2)13(17)18-10-4-7-16-9-8-15(11-16)6-3-5-14/h8-9,11H,1,3-7,10,14H2,2H3/q+1. The van der Waals surface area contributed by atoms with Crippen LogP contribution in [0.5, 0.6) is 0 Å². The van der Waals surface area contributed by atoms with Crippen molar-refractivity contribution < 1.29 is 14.1 Å². The highest BCUT2D eigenvalue weighted by molar-refractivity contribution is 5.86. The largest absolute Gasteiger partial charge is 0.462 e. The molecule has 0 amide bonds. The van der Waals surface area contributed by atoms with Crippen molar-refractivity contribution in [1.82, 2.24) is 4.57 Å². The van der Waals surface area contributed by atoms with Crippen LogP contribution < -0.4 is 10.3 Å². The van der Waals surface area contributed by atoms with Crippen LogP contribution in [-0.2, 0) is 22.6 Å². The lowest BCUT2D eigenvalue weighted by molar-refractivity contribution is -0.697. The van der Waals surface area contributed by atoms with Gasteiger partial charge >= 0.3 is 5.97 Å². The summed E-state index contributed by atoms with van der Waals surface area (Å²) in [6, 6.07) is 0. The number of esters is 1. The van der Waals surface area contributed by atoms with Crippen LogP contribution in [0.2, 0.25) is 0 Å². The van der Waals surface area contributed by atoms with Gasteiger partial charge in [0.05, 0.1) is 19.7 Å². The SMILES string of the molecule is C=C(C)C(=O)OCCC[n+]1ccn(CCCN)c1. The molecular formula is C13H22N3O2+. The fourth-order valence-electron chi connectivity index (χ4n) is 1.51. The predicted molar refractivity (Wildman–Crippen MR) is 68.7 cm³/mol. The van der Waals surface area contributed by atoms with Crippen molar-refractivity contribution in [3.05, 3.63) is 30.9 Å². The van der Waals surface area contributed by atoms with Crippen molar-refractivity contribution in [3.63, 3.8) is 0 Å². The Morgan fingerprint density at radius 2 is 2.28 bits per heavy atom. The van der Waals surface area contributed by atoms with Crippen molar-refractivity contribution in [3.8, 4) is 0 Å². The molecule has 0 aliphatic carbocycles. The van der Waals surface area contributed by atoms with E-state index < -0.39 is 0 Å². The van der Waals surface area contributed by atoms with Crippen molar-refractivity contribution in [1.29, 1.82) is 0 Å². The van der Waals surface area contributed by atoms with E-state index in [0.29, 0.717) is 18.7 Å². The summed E-state index contributed by atoms with van der Waals surface area (Å²) in [5.74, 6) is -0.319. The summed E-state index contributed by atoms with van der Waals surface area (Å²) in [5.41, 5.74) is 5.90. The monoisotopic (exact) mass is 252 g/mol. The van der Waals surface area contributed by atoms with Gasteiger partial charge in [0.15, 0.2) is 0 Å². The number of ether oxygens (including phenoxy) is 1. The molecule has 0 atom stereocenters. The summed E-state index contributed by atoms with van der Waals surface area (Å²) >= 11 is 0. The highest BCUT2D eigenvalue weighted by atomic mass is 16.5. The Balaban J connectivity index is 2.21. The van der Waals surface area contributed by atoms with E-state index in [1.165, 1.54) is 0 Å². The first kappa shape index (κ1) is 14.4. The van der Waals surface area contributed by atoms with E-state index in [-0.39, 0.29) is 5.97 Å². The number of nitrogens with zero attached hydrogens (tertiary/aromatic N) is 2. The molecule has 0 aliphatic heterocycles. The molecule has 18 heavy (non-hydrogen) atoms. The zero-order chi connectivity index (χ0) is 13.4. The zero-order valence-corrected chi connectivity index (χ0v) is 11.0. The topological polar surface area (TPSA) is 61.1 Å². The third-order valence-electron chi connectivity index (χ3n) is 2.51. The molecule has 0 aromatic carbocycles. The minimum atomic E-state index is -0.319. The molecule has 0 fully saturated rings. The van der Waals surface area contributed by atoms with E-state index >= 15 is 0 Å². The molecule has 0 radical (unpaired) electrons. The van der Waals surface area contributed by atoms with Crippen LogP contribution in [0.3, 0.4) is 0 Å². The van der Waals surface area contributed by atoms with Gasteiger partial charge in [-0.1, -0.05) is 6.58 Å². The summed E-state index contributed by atoms with van der Waals surface area (Å²) in [4.78, 5) is 11.1. The number of hydrogen-bond acceptors (Lipinski definition) is 3. The van der Waals surface area contributed by atoms with E-state index in [1.807, 2.05) is 18.7 Å². The van der Waals surface area contributed by atoms with Crippen molar-refractivity contribution in [2.75, 3.05) is 13.2 Å². The Labute approximate surface area is 108 Å². The van der Waals surface area contributed by atoms with E-state index in [9.17, 15) is 4.79 Å². The van der Waals surface area contributed by atoms with Crippen LogP contribution in [0, 0.1) is 0 Å². The van der Waals surface area contributed by atoms with Crippen LogP contribution >= 0.6 is 0 Å². The second-order valence-corrected chi connectivity index (χ2v) is 4.30. The molecule has 0 aliphatic rings. The molecule has 2 N–H and O–H groups in total. The summed E-state index contributed by atoms with van der Waals surface area (Å²) < 4.78 is 9.20. The lowest BCUT2D eigenvalue weighted by Gasteiger charge is -2.02. The molecule has 0 saturated carbocycles. The molecule has 1 aromatic heterocycles. The molecule has 0 bridgehead atoms. The highest BCUT2D eigenvalue weighted by Crippen LogP contribution is 1.94. The maximum absolute atomic E-state index is 11.1. The lowest BCUT2D eigenvalue weighted by Crippen LogP contribution is -2.31. The molecule has 1 heterocycles. The highest BCUT2D eigenvalue weighted by Gasteiger charge is 2.05. The molecule has 0 spiro atoms. The van der Waals surface area contributed by atoms with Crippen LogP contribution in [0.1, 0.15) is 19.8 Å². The van der Waals surface area contributed by atoms with Gasteiger partial charge in [-0.05, 0) is 19.9 Å². The summed E-state index contributed by atoms with van der Waals surface area (Å²) in [6.45, 7) is 8.08. The molecule has 0 saturated heterocycles. The van der Waals surface area contributed by atoms with Crippen LogP contribution in [0.25, 0.3) is 0 Å². The Morgan fingerprint density at radius 3 is 2.94 bits per heavy atom. The molecule has 100 valence electrons. The van der Waals surface area contributed by atoms with Crippen LogP contribution in [0.4, 0.5) is 0 Å². The number of carbonyl (C=O) groups is 1. The lowest BCUT2D eigenvalue weighted by atomic mass is 10.3. The average Bonchev–Trinajstić information content (AvgIpc) is 2.79. The summed E-state index contributed by atoms with van der Waals surface area (Å²) in [6.07, 6.45) is 7.85. The van der Waals surface area contributed by atoms with Gasteiger partial charge in [0.25, 0.3) is 0 Å². The van der Waals surface area contributed by atoms with Crippen LogP contribution in [0.15, 0.2) is 30.9 Å². The maximum atomic E-state index is 11.1. The normalized spacial score (nSPS) is 10.3. The van der Waals surface area contributed by atoms with Gasteiger partial charge in [-0.3, -0.25) is 0 Å². The van der Waals surface area contributed by atoms with E-state index in [2.05, 4.69) is 15.7 Å². The molecule has 1 rings (SSSR count). The van der Waals surface area contributed by atoms with Crippen molar-refractivity contribution in [2.24, 2.45) is 5.73 Å². The zero-order valence-electron chi connectivity index (χ0n) is 11.0. The molecule has 5 nitrogen and oxygen atoms in total. The predicted octanol–water partition coefficient (Wildman–Crippen LogP) is 0.634.